The van der Waals surface area contributed by atoms with Crippen molar-refractivity contribution in [1.82, 2.24) is 0 Å². The molecule has 0 rings (SSSR count). The third-order valence-corrected chi connectivity index (χ3v) is 13.5. The molecule has 0 heterocycles. The number of unbranched alkanes of at least 4 members (excludes halogenated alkanes) is 35. The summed E-state index contributed by atoms with van der Waals surface area (Å²) in [6.07, 6.45) is 75.2. The first-order chi connectivity index (χ1) is 35.0. The molecule has 0 radical (unpaired) electrons. The minimum atomic E-state index is -0.774. The molecule has 1 atom stereocenters. The van der Waals surface area contributed by atoms with Gasteiger partial charge in [-0.05, 0) is 83.5 Å². The van der Waals surface area contributed by atoms with Crippen molar-refractivity contribution in [3.63, 3.8) is 0 Å². The first-order valence-corrected chi connectivity index (χ1v) is 30.8. The Balaban J connectivity index is 4.23. The topological polar surface area (TPSA) is 78.9 Å². The van der Waals surface area contributed by atoms with Gasteiger partial charge < -0.3 is 14.2 Å². The molecular weight excluding hydrogens is 877 g/mol. The zero-order valence-electron chi connectivity index (χ0n) is 47.2. The van der Waals surface area contributed by atoms with E-state index in [2.05, 4.69) is 81.5 Å². The lowest BCUT2D eigenvalue weighted by Gasteiger charge is -2.18. The van der Waals surface area contributed by atoms with Gasteiger partial charge in [0.15, 0.2) is 6.10 Å². The summed E-state index contributed by atoms with van der Waals surface area (Å²) in [4.78, 5) is 38.1. The van der Waals surface area contributed by atoms with E-state index in [9.17, 15) is 14.4 Å². The highest BCUT2D eigenvalue weighted by Gasteiger charge is 2.19. The van der Waals surface area contributed by atoms with Crippen molar-refractivity contribution in [3.8, 4) is 0 Å². The fourth-order valence-corrected chi connectivity index (χ4v) is 8.90. The van der Waals surface area contributed by atoms with E-state index in [0.717, 1.165) is 83.5 Å². The molecule has 0 aromatic carbocycles. The van der Waals surface area contributed by atoms with Crippen molar-refractivity contribution in [2.45, 2.75) is 322 Å². The highest BCUT2D eigenvalue weighted by atomic mass is 16.6. The van der Waals surface area contributed by atoms with Gasteiger partial charge in [-0.25, -0.2) is 0 Å². The lowest BCUT2D eigenvalue weighted by atomic mass is 10.0. The van der Waals surface area contributed by atoms with E-state index >= 15 is 0 Å². The molecule has 0 saturated heterocycles. The largest absolute Gasteiger partial charge is 0.462 e. The molecular formula is C65H116O6. The van der Waals surface area contributed by atoms with Crippen molar-refractivity contribution in [1.29, 1.82) is 0 Å². The number of hydrogen-bond acceptors (Lipinski definition) is 6. The van der Waals surface area contributed by atoms with Crippen LogP contribution in [0.5, 0.6) is 0 Å². The maximum absolute atomic E-state index is 12.9. The number of allylic oxidation sites excluding steroid dienone is 10. The normalized spacial score (nSPS) is 12.4. The summed E-state index contributed by atoms with van der Waals surface area (Å²) in [6.45, 7) is 6.54. The second-order valence-corrected chi connectivity index (χ2v) is 20.6. The van der Waals surface area contributed by atoms with Gasteiger partial charge in [-0.1, -0.05) is 274 Å². The van der Waals surface area contributed by atoms with Crippen LogP contribution < -0.4 is 0 Å². The Labute approximate surface area is 440 Å². The van der Waals surface area contributed by atoms with Gasteiger partial charge in [-0.2, -0.15) is 0 Å². The number of carbonyl (C=O) groups excluding carboxylic acids is 3. The Morgan fingerprint density at radius 1 is 0.296 bits per heavy atom. The first-order valence-electron chi connectivity index (χ1n) is 30.8. The predicted octanol–water partition coefficient (Wildman–Crippen LogP) is 20.8. The highest BCUT2D eigenvalue weighted by molar-refractivity contribution is 5.71. The monoisotopic (exact) mass is 993 g/mol. The summed E-state index contributed by atoms with van der Waals surface area (Å²) in [7, 11) is 0. The van der Waals surface area contributed by atoms with E-state index < -0.39 is 6.10 Å². The summed E-state index contributed by atoms with van der Waals surface area (Å²) < 4.78 is 16.9. The van der Waals surface area contributed by atoms with Crippen LogP contribution in [-0.2, 0) is 28.6 Å². The molecule has 0 aliphatic rings. The highest BCUT2D eigenvalue weighted by Crippen LogP contribution is 2.16. The van der Waals surface area contributed by atoms with Crippen LogP contribution in [0.15, 0.2) is 60.8 Å². The van der Waals surface area contributed by atoms with E-state index in [0.29, 0.717) is 19.3 Å². The Kier molecular flexibility index (Phi) is 57.2. The third-order valence-electron chi connectivity index (χ3n) is 13.5. The van der Waals surface area contributed by atoms with Crippen LogP contribution in [0, 0.1) is 0 Å². The van der Waals surface area contributed by atoms with Crippen LogP contribution in [0.4, 0.5) is 0 Å². The lowest BCUT2D eigenvalue weighted by Crippen LogP contribution is -2.30. The number of esters is 3. The fraction of sp³-hybridized carbons (Fsp3) is 0.800. The molecule has 6 nitrogen and oxygen atoms in total. The molecule has 412 valence electrons. The van der Waals surface area contributed by atoms with E-state index in [1.165, 1.54) is 193 Å². The maximum Gasteiger partial charge on any atom is 0.306 e. The number of carbonyl (C=O) groups is 3. The lowest BCUT2D eigenvalue weighted by molar-refractivity contribution is -0.167. The minimum Gasteiger partial charge on any atom is -0.462 e. The molecule has 0 spiro atoms. The first kappa shape index (κ1) is 68.1. The predicted molar refractivity (Wildman–Crippen MR) is 307 cm³/mol. The third kappa shape index (κ3) is 57.9. The standard InChI is InChI=1S/C65H116O6/c1-4-7-10-13-16-19-21-23-25-27-29-31-32-34-35-37-39-41-43-46-49-52-55-58-64(67)70-61-62(60-69-63(66)57-54-51-48-45-18-15-12-9-6-3)71-65(68)59-56-53-50-47-44-42-40-38-36-33-30-28-26-24-22-20-17-14-11-8-5-2/h7,10,16,19,23,25,28-31,62H,4-6,8-9,11-15,17-18,20-22,24,26-27,32-61H2,1-3H3/b10-7-,19-16-,25-23-,30-28-,31-29-. The number of ether oxygens (including phenoxy) is 3. The SMILES string of the molecule is CC/C=C\C/C=C\C/C=C\C/C=C\CCCCCCCCCCCCC(=O)OCC(COC(=O)CCCCCCCCCCC)OC(=O)CCCCCCCCCCC/C=C\CCCCCCCCCC. The molecule has 0 aliphatic heterocycles. The summed E-state index contributed by atoms with van der Waals surface area (Å²) in [6, 6.07) is 0. The summed E-state index contributed by atoms with van der Waals surface area (Å²) in [5.41, 5.74) is 0. The summed E-state index contributed by atoms with van der Waals surface area (Å²) in [5, 5.41) is 0. The molecule has 0 saturated carbocycles. The summed E-state index contributed by atoms with van der Waals surface area (Å²) in [5.74, 6) is -0.868. The van der Waals surface area contributed by atoms with Gasteiger partial charge in [-0.15, -0.1) is 0 Å². The van der Waals surface area contributed by atoms with Gasteiger partial charge >= 0.3 is 17.9 Å². The molecule has 1 unspecified atom stereocenters. The molecule has 0 bridgehead atoms. The fourth-order valence-electron chi connectivity index (χ4n) is 8.90. The van der Waals surface area contributed by atoms with Crippen LogP contribution in [0.1, 0.15) is 316 Å². The smallest absolute Gasteiger partial charge is 0.306 e. The van der Waals surface area contributed by atoms with Gasteiger partial charge in [0.2, 0.25) is 0 Å². The molecule has 71 heavy (non-hydrogen) atoms. The minimum absolute atomic E-state index is 0.0732. The van der Waals surface area contributed by atoms with E-state index in [1.54, 1.807) is 0 Å². The zero-order chi connectivity index (χ0) is 51.4. The van der Waals surface area contributed by atoms with Crippen molar-refractivity contribution < 1.29 is 28.6 Å². The van der Waals surface area contributed by atoms with Gasteiger partial charge in [0.05, 0.1) is 0 Å². The van der Waals surface area contributed by atoms with Crippen LogP contribution in [-0.4, -0.2) is 37.2 Å². The number of rotatable bonds is 56. The maximum atomic E-state index is 12.9. The second-order valence-electron chi connectivity index (χ2n) is 20.6. The van der Waals surface area contributed by atoms with Crippen LogP contribution in [0.2, 0.25) is 0 Å². The molecule has 0 aromatic rings. The van der Waals surface area contributed by atoms with E-state index in [4.69, 9.17) is 14.2 Å². The van der Waals surface area contributed by atoms with Crippen molar-refractivity contribution >= 4 is 17.9 Å². The Morgan fingerprint density at radius 2 is 0.549 bits per heavy atom. The van der Waals surface area contributed by atoms with Crippen LogP contribution in [0.25, 0.3) is 0 Å². The molecule has 0 amide bonds. The van der Waals surface area contributed by atoms with Crippen molar-refractivity contribution in [2.24, 2.45) is 0 Å². The van der Waals surface area contributed by atoms with Crippen molar-refractivity contribution in [3.05, 3.63) is 60.8 Å². The quantitative estimate of drug-likeness (QED) is 0.0261. The molecule has 6 heteroatoms. The Morgan fingerprint density at radius 3 is 0.873 bits per heavy atom. The Hall–Kier alpha value is -2.89. The average molecular weight is 994 g/mol. The van der Waals surface area contributed by atoms with Gasteiger partial charge in [0.25, 0.3) is 0 Å². The Bertz CT molecular complexity index is 1280. The van der Waals surface area contributed by atoms with Gasteiger partial charge in [0.1, 0.15) is 13.2 Å². The molecule has 0 aromatic heterocycles. The molecule has 0 N–H and O–H groups in total. The average Bonchev–Trinajstić information content (AvgIpc) is 3.37. The van der Waals surface area contributed by atoms with Gasteiger partial charge in [0, 0.05) is 19.3 Å². The molecule has 0 aliphatic carbocycles. The second kappa shape index (κ2) is 59.7. The zero-order valence-corrected chi connectivity index (χ0v) is 47.2. The number of hydrogen-bond donors (Lipinski definition) is 0. The van der Waals surface area contributed by atoms with E-state index in [1.807, 2.05) is 0 Å². The van der Waals surface area contributed by atoms with Crippen molar-refractivity contribution in [2.75, 3.05) is 13.2 Å². The van der Waals surface area contributed by atoms with Crippen LogP contribution >= 0.6 is 0 Å². The van der Waals surface area contributed by atoms with Crippen LogP contribution in [0.3, 0.4) is 0 Å². The van der Waals surface area contributed by atoms with E-state index in [-0.39, 0.29) is 31.1 Å². The van der Waals surface area contributed by atoms with Gasteiger partial charge in [-0.3, -0.25) is 14.4 Å². The molecule has 0 fully saturated rings. The summed E-state index contributed by atoms with van der Waals surface area (Å²) >= 11 is 0.